The lowest BCUT2D eigenvalue weighted by molar-refractivity contribution is -0.384. The van der Waals surface area contributed by atoms with E-state index in [1.54, 1.807) is 42.5 Å². The highest BCUT2D eigenvalue weighted by Crippen LogP contribution is 2.16. The first-order valence-electron chi connectivity index (χ1n) is 9.07. The van der Waals surface area contributed by atoms with E-state index < -0.39 is 16.7 Å². The minimum absolute atomic E-state index is 0.0485. The molecule has 0 bridgehead atoms. The second-order valence-electron chi connectivity index (χ2n) is 6.49. The molecule has 3 rings (SSSR count). The summed E-state index contributed by atoms with van der Waals surface area (Å²) in [6, 6.07) is 16.0. The molecule has 0 unspecified atom stereocenters. The van der Waals surface area contributed by atoms with Crippen LogP contribution in [0.25, 0.3) is 6.08 Å². The van der Waals surface area contributed by atoms with Gasteiger partial charge in [0.25, 0.3) is 17.5 Å². The van der Waals surface area contributed by atoms with Crippen LogP contribution in [0, 0.1) is 17.0 Å². The lowest BCUT2D eigenvalue weighted by atomic mass is 10.1. The summed E-state index contributed by atoms with van der Waals surface area (Å²) in [6.07, 6.45) is 2.87. The Labute approximate surface area is 172 Å². The van der Waals surface area contributed by atoms with Gasteiger partial charge in [0.15, 0.2) is 0 Å². The van der Waals surface area contributed by atoms with E-state index in [1.807, 2.05) is 6.92 Å². The molecule has 0 aliphatic heterocycles. The molecule has 2 aromatic carbocycles. The smallest absolute Gasteiger partial charge is 0.270 e. The van der Waals surface area contributed by atoms with Gasteiger partial charge in [-0.2, -0.15) is 0 Å². The van der Waals surface area contributed by atoms with Gasteiger partial charge in [-0.05, 0) is 42.8 Å². The van der Waals surface area contributed by atoms with E-state index in [4.69, 9.17) is 4.42 Å². The third-order valence-electron chi connectivity index (χ3n) is 4.20. The number of hydrogen-bond acceptors (Lipinski definition) is 5. The average Bonchev–Trinajstić information content (AvgIpc) is 3.26. The molecule has 2 N–H and O–H groups in total. The SMILES string of the molecule is Cc1ccc(C(=O)N/C(=C/c2cccc([N+](=O)[O-])c2)C(=O)NCc2ccco2)cc1. The molecule has 30 heavy (non-hydrogen) atoms. The Hall–Kier alpha value is -4.20. The molecule has 2 amide bonds. The van der Waals surface area contributed by atoms with Crippen LogP contribution in [-0.4, -0.2) is 16.7 Å². The molecule has 0 saturated carbocycles. The number of furan rings is 1. The third-order valence-corrected chi connectivity index (χ3v) is 4.20. The van der Waals surface area contributed by atoms with Gasteiger partial charge in [0.2, 0.25) is 0 Å². The highest BCUT2D eigenvalue weighted by atomic mass is 16.6. The quantitative estimate of drug-likeness (QED) is 0.354. The maximum Gasteiger partial charge on any atom is 0.270 e. The lowest BCUT2D eigenvalue weighted by Crippen LogP contribution is -2.34. The number of nitrogens with zero attached hydrogens (tertiary/aromatic N) is 1. The van der Waals surface area contributed by atoms with Crippen LogP contribution in [0.4, 0.5) is 5.69 Å². The Balaban J connectivity index is 1.86. The molecule has 0 aliphatic rings. The first-order valence-corrected chi connectivity index (χ1v) is 9.07. The van der Waals surface area contributed by atoms with Crippen LogP contribution in [0.3, 0.4) is 0 Å². The first kappa shape index (κ1) is 20.5. The number of aryl methyl sites for hydroxylation is 1. The van der Waals surface area contributed by atoms with Crippen molar-refractivity contribution in [3.05, 3.63) is 105 Å². The van der Waals surface area contributed by atoms with Crippen LogP contribution in [-0.2, 0) is 11.3 Å². The zero-order valence-electron chi connectivity index (χ0n) is 16.1. The number of carbonyl (C=O) groups excluding carboxylic acids is 2. The molecule has 3 aromatic rings. The molecule has 0 saturated heterocycles. The Kier molecular flexibility index (Phi) is 6.39. The molecule has 8 nitrogen and oxygen atoms in total. The van der Waals surface area contributed by atoms with Crippen molar-refractivity contribution in [2.45, 2.75) is 13.5 Å². The largest absolute Gasteiger partial charge is 0.467 e. The van der Waals surface area contributed by atoms with Crippen LogP contribution in [0.15, 0.2) is 77.0 Å². The summed E-state index contributed by atoms with van der Waals surface area (Å²) in [5.74, 6) is -0.485. The summed E-state index contributed by atoms with van der Waals surface area (Å²) in [5, 5.41) is 16.3. The Morgan fingerprint density at radius 1 is 1.10 bits per heavy atom. The maximum atomic E-state index is 12.7. The lowest BCUT2D eigenvalue weighted by Gasteiger charge is -2.11. The first-order chi connectivity index (χ1) is 14.4. The van der Waals surface area contributed by atoms with Crippen molar-refractivity contribution in [2.75, 3.05) is 0 Å². The molecule has 0 aliphatic carbocycles. The fourth-order valence-corrected chi connectivity index (χ4v) is 2.63. The number of rotatable bonds is 7. The van der Waals surface area contributed by atoms with Crippen molar-refractivity contribution in [1.29, 1.82) is 0 Å². The van der Waals surface area contributed by atoms with E-state index in [0.29, 0.717) is 16.9 Å². The van der Waals surface area contributed by atoms with Crippen LogP contribution < -0.4 is 10.6 Å². The van der Waals surface area contributed by atoms with Gasteiger partial charge < -0.3 is 15.1 Å². The van der Waals surface area contributed by atoms with E-state index in [-0.39, 0.29) is 17.9 Å². The van der Waals surface area contributed by atoms with Gasteiger partial charge >= 0.3 is 0 Å². The van der Waals surface area contributed by atoms with Gasteiger partial charge in [0, 0.05) is 17.7 Å². The van der Waals surface area contributed by atoms with Crippen molar-refractivity contribution in [1.82, 2.24) is 10.6 Å². The molecule has 152 valence electrons. The Morgan fingerprint density at radius 3 is 2.53 bits per heavy atom. The molecule has 0 atom stereocenters. The second kappa shape index (κ2) is 9.33. The molecule has 0 spiro atoms. The third kappa shape index (κ3) is 5.41. The summed E-state index contributed by atoms with van der Waals surface area (Å²) in [5.41, 5.74) is 1.60. The Morgan fingerprint density at radius 2 is 1.87 bits per heavy atom. The summed E-state index contributed by atoms with van der Waals surface area (Å²) in [4.78, 5) is 35.8. The number of benzene rings is 2. The van der Waals surface area contributed by atoms with Crippen LogP contribution >= 0.6 is 0 Å². The summed E-state index contributed by atoms with van der Waals surface area (Å²) in [6.45, 7) is 2.02. The predicted molar refractivity (Wildman–Crippen MR) is 110 cm³/mol. The zero-order chi connectivity index (χ0) is 21.5. The highest BCUT2D eigenvalue weighted by molar-refractivity contribution is 6.05. The number of carbonyl (C=O) groups is 2. The fraction of sp³-hybridized carbons (Fsp3) is 0.0909. The Bertz CT molecular complexity index is 1090. The predicted octanol–water partition coefficient (Wildman–Crippen LogP) is 3.58. The van der Waals surface area contributed by atoms with E-state index in [0.717, 1.165) is 5.56 Å². The minimum Gasteiger partial charge on any atom is -0.467 e. The van der Waals surface area contributed by atoms with Crippen LogP contribution in [0.1, 0.15) is 27.2 Å². The second-order valence-corrected chi connectivity index (χ2v) is 6.49. The topological polar surface area (TPSA) is 114 Å². The summed E-state index contributed by atoms with van der Waals surface area (Å²) < 4.78 is 5.19. The van der Waals surface area contributed by atoms with Gasteiger partial charge in [0.05, 0.1) is 17.7 Å². The number of nitro benzene ring substituents is 1. The van der Waals surface area contributed by atoms with Gasteiger partial charge in [-0.1, -0.05) is 29.8 Å². The van der Waals surface area contributed by atoms with Crippen LogP contribution in [0.5, 0.6) is 0 Å². The zero-order valence-corrected chi connectivity index (χ0v) is 16.1. The van der Waals surface area contributed by atoms with Crippen molar-refractivity contribution in [2.24, 2.45) is 0 Å². The van der Waals surface area contributed by atoms with Crippen molar-refractivity contribution >= 4 is 23.6 Å². The summed E-state index contributed by atoms with van der Waals surface area (Å²) in [7, 11) is 0. The van der Waals surface area contributed by atoms with Gasteiger partial charge in [-0.3, -0.25) is 19.7 Å². The van der Waals surface area contributed by atoms with Gasteiger partial charge in [-0.25, -0.2) is 0 Å². The van der Waals surface area contributed by atoms with E-state index >= 15 is 0 Å². The van der Waals surface area contributed by atoms with E-state index in [2.05, 4.69) is 10.6 Å². The van der Waals surface area contributed by atoms with Crippen molar-refractivity contribution in [3.8, 4) is 0 Å². The van der Waals surface area contributed by atoms with Crippen molar-refractivity contribution < 1.29 is 18.9 Å². The van der Waals surface area contributed by atoms with E-state index in [9.17, 15) is 19.7 Å². The maximum absolute atomic E-state index is 12.7. The van der Waals surface area contributed by atoms with E-state index in [1.165, 1.54) is 30.5 Å². The molecular formula is C22H19N3O5. The molecule has 1 aromatic heterocycles. The molecule has 0 fully saturated rings. The summed E-state index contributed by atoms with van der Waals surface area (Å²) >= 11 is 0. The number of amides is 2. The number of nitrogens with one attached hydrogen (secondary N) is 2. The number of non-ortho nitro benzene ring substituents is 1. The molecular weight excluding hydrogens is 386 g/mol. The highest BCUT2D eigenvalue weighted by Gasteiger charge is 2.16. The number of nitro groups is 1. The average molecular weight is 405 g/mol. The van der Waals surface area contributed by atoms with Gasteiger partial charge in [-0.15, -0.1) is 0 Å². The standard InChI is InChI=1S/C22H19N3O5/c1-15-7-9-17(10-8-15)21(26)24-20(22(27)23-14-19-6-3-11-30-19)13-16-4-2-5-18(12-16)25(28)29/h2-13H,14H2,1H3,(H,23,27)(H,24,26)/b20-13+. The van der Waals surface area contributed by atoms with Crippen molar-refractivity contribution in [3.63, 3.8) is 0 Å². The minimum atomic E-state index is -0.557. The van der Waals surface area contributed by atoms with Crippen LogP contribution in [0.2, 0.25) is 0 Å². The molecule has 8 heteroatoms. The normalized spacial score (nSPS) is 11.0. The molecule has 0 radical (unpaired) electrons. The fourth-order valence-electron chi connectivity index (χ4n) is 2.63. The molecule has 1 heterocycles. The van der Waals surface area contributed by atoms with Gasteiger partial charge in [0.1, 0.15) is 11.5 Å². The number of hydrogen-bond donors (Lipinski definition) is 2. The monoisotopic (exact) mass is 405 g/mol.